The number of nitrogens with zero attached hydrogens (tertiary/aromatic N) is 1. The Morgan fingerprint density at radius 3 is 2.65 bits per heavy atom. The molecule has 4 nitrogen and oxygen atoms in total. The zero-order valence-electron chi connectivity index (χ0n) is 9.93. The van der Waals surface area contributed by atoms with Crippen LogP contribution in [-0.2, 0) is 6.54 Å². The van der Waals surface area contributed by atoms with Crippen LogP contribution in [0.3, 0.4) is 0 Å². The molecule has 17 heavy (non-hydrogen) atoms. The monoisotopic (exact) mass is 233 g/mol. The second-order valence-electron chi connectivity index (χ2n) is 4.55. The number of hydrogen-bond acceptors (Lipinski definition) is 3. The van der Waals surface area contributed by atoms with E-state index in [9.17, 15) is 4.79 Å². The molecule has 4 heteroatoms. The number of rotatable bonds is 2. The summed E-state index contributed by atoms with van der Waals surface area (Å²) < 4.78 is 0. The van der Waals surface area contributed by atoms with Crippen molar-refractivity contribution in [3.63, 3.8) is 0 Å². The number of likely N-dealkylation sites (tertiary alicyclic amines) is 1. The van der Waals surface area contributed by atoms with Gasteiger partial charge in [0.05, 0.1) is 0 Å². The van der Waals surface area contributed by atoms with E-state index in [0.29, 0.717) is 13.1 Å². The van der Waals surface area contributed by atoms with Crippen molar-refractivity contribution in [3.8, 4) is 0 Å². The fourth-order valence-corrected chi connectivity index (χ4v) is 2.16. The molecular formula is C13H19N3O. The maximum Gasteiger partial charge on any atom is 0.253 e. The zero-order valence-corrected chi connectivity index (χ0v) is 9.93. The molecule has 1 amide bonds. The molecule has 0 aliphatic carbocycles. The molecule has 1 aromatic carbocycles. The minimum atomic E-state index is 0.0729. The molecule has 0 radical (unpaired) electrons. The first-order chi connectivity index (χ1) is 8.20. The maximum atomic E-state index is 12.2. The Morgan fingerprint density at radius 2 is 2.06 bits per heavy atom. The lowest BCUT2D eigenvalue weighted by Gasteiger charge is -2.30. The molecule has 1 heterocycles. The van der Waals surface area contributed by atoms with Gasteiger partial charge in [-0.2, -0.15) is 0 Å². The molecule has 0 saturated carbocycles. The molecule has 1 aliphatic rings. The van der Waals surface area contributed by atoms with Crippen LogP contribution in [0.1, 0.15) is 28.8 Å². The lowest BCUT2D eigenvalue weighted by atomic mass is 10.0. The first-order valence-corrected chi connectivity index (χ1v) is 6.04. The smallest absolute Gasteiger partial charge is 0.253 e. The Balaban J connectivity index is 2.07. The van der Waals surface area contributed by atoms with Crippen LogP contribution in [0.4, 0.5) is 0 Å². The normalized spacial score (nSPS) is 20.4. The molecule has 1 atom stereocenters. The van der Waals surface area contributed by atoms with Crippen LogP contribution in [0.5, 0.6) is 0 Å². The number of nitrogens with two attached hydrogens (primary N) is 2. The van der Waals surface area contributed by atoms with E-state index in [1.165, 1.54) is 0 Å². The van der Waals surface area contributed by atoms with E-state index in [-0.39, 0.29) is 11.9 Å². The van der Waals surface area contributed by atoms with Crippen LogP contribution < -0.4 is 11.5 Å². The highest BCUT2D eigenvalue weighted by molar-refractivity contribution is 5.94. The van der Waals surface area contributed by atoms with Crippen molar-refractivity contribution >= 4 is 5.91 Å². The van der Waals surface area contributed by atoms with Crippen molar-refractivity contribution in [2.24, 2.45) is 11.5 Å². The van der Waals surface area contributed by atoms with Gasteiger partial charge in [0.25, 0.3) is 5.91 Å². The summed E-state index contributed by atoms with van der Waals surface area (Å²) in [6, 6.07) is 7.60. The minimum Gasteiger partial charge on any atom is -0.337 e. The van der Waals surface area contributed by atoms with Crippen LogP contribution in [0.15, 0.2) is 24.3 Å². The third-order valence-electron chi connectivity index (χ3n) is 3.18. The fraction of sp³-hybridized carbons (Fsp3) is 0.462. The van der Waals surface area contributed by atoms with E-state index in [1.807, 2.05) is 29.2 Å². The number of amides is 1. The highest BCUT2D eigenvalue weighted by atomic mass is 16.2. The first-order valence-electron chi connectivity index (χ1n) is 6.04. The summed E-state index contributed by atoms with van der Waals surface area (Å²) in [6.07, 6.45) is 2.00. The molecule has 0 aromatic heterocycles. The van der Waals surface area contributed by atoms with Gasteiger partial charge in [0.1, 0.15) is 0 Å². The van der Waals surface area contributed by atoms with Crippen molar-refractivity contribution in [2.45, 2.75) is 25.4 Å². The van der Waals surface area contributed by atoms with Gasteiger partial charge >= 0.3 is 0 Å². The Labute approximate surface area is 102 Å². The summed E-state index contributed by atoms with van der Waals surface area (Å²) in [4.78, 5) is 14.0. The predicted molar refractivity (Wildman–Crippen MR) is 67.4 cm³/mol. The van der Waals surface area contributed by atoms with Gasteiger partial charge in [-0.1, -0.05) is 12.1 Å². The highest BCUT2D eigenvalue weighted by Crippen LogP contribution is 2.13. The fourth-order valence-electron chi connectivity index (χ4n) is 2.16. The number of carbonyl (C=O) groups is 1. The third kappa shape index (κ3) is 2.84. The van der Waals surface area contributed by atoms with Gasteiger partial charge in [0.15, 0.2) is 0 Å². The van der Waals surface area contributed by atoms with Crippen molar-refractivity contribution < 1.29 is 4.79 Å². The first kappa shape index (κ1) is 12.1. The van der Waals surface area contributed by atoms with Gasteiger partial charge < -0.3 is 16.4 Å². The van der Waals surface area contributed by atoms with Gasteiger partial charge in [-0.05, 0) is 30.5 Å². The molecule has 0 spiro atoms. The Bertz CT molecular complexity index is 388. The van der Waals surface area contributed by atoms with Crippen molar-refractivity contribution in [1.82, 2.24) is 4.90 Å². The standard InChI is InChI=1S/C13H19N3O/c14-8-10-3-5-11(6-4-10)13(17)16-7-1-2-12(15)9-16/h3-6,12H,1-2,7-9,14-15H2/t12-/m0/s1. The Morgan fingerprint density at radius 1 is 1.35 bits per heavy atom. The lowest BCUT2D eigenvalue weighted by molar-refractivity contribution is 0.0709. The summed E-state index contributed by atoms with van der Waals surface area (Å²) in [5, 5.41) is 0. The Hall–Kier alpha value is -1.39. The number of piperidine rings is 1. The average Bonchev–Trinajstić information content (AvgIpc) is 2.38. The van der Waals surface area contributed by atoms with Gasteiger partial charge in [-0.3, -0.25) is 4.79 Å². The molecule has 92 valence electrons. The van der Waals surface area contributed by atoms with Crippen LogP contribution in [0.2, 0.25) is 0 Å². The largest absolute Gasteiger partial charge is 0.337 e. The summed E-state index contributed by atoms with van der Waals surface area (Å²) in [5.41, 5.74) is 13.2. The van der Waals surface area contributed by atoms with E-state index in [0.717, 1.165) is 30.5 Å². The molecule has 0 unspecified atom stereocenters. The molecular weight excluding hydrogens is 214 g/mol. The molecule has 1 saturated heterocycles. The SMILES string of the molecule is NCc1ccc(C(=O)N2CCC[C@H](N)C2)cc1. The topological polar surface area (TPSA) is 72.4 Å². The second kappa shape index (κ2) is 5.29. The number of hydrogen-bond donors (Lipinski definition) is 2. The summed E-state index contributed by atoms with van der Waals surface area (Å²) in [7, 11) is 0. The maximum absolute atomic E-state index is 12.2. The van der Waals surface area contributed by atoms with Gasteiger partial charge in [0.2, 0.25) is 0 Å². The second-order valence-corrected chi connectivity index (χ2v) is 4.55. The van der Waals surface area contributed by atoms with E-state index in [2.05, 4.69) is 0 Å². The highest BCUT2D eigenvalue weighted by Gasteiger charge is 2.21. The van der Waals surface area contributed by atoms with E-state index in [1.54, 1.807) is 0 Å². The summed E-state index contributed by atoms with van der Waals surface area (Å²) in [5.74, 6) is 0.0729. The average molecular weight is 233 g/mol. The van der Waals surface area contributed by atoms with Gasteiger partial charge in [-0.15, -0.1) is 0 Å². The third-order valence-corrected chi connectivity index (χ3v) is 3.18. The van der Waals surface area contributed by atoms with Gasteiger partial charge in [-0.25, -0.2) is 0 Å². The van der Waals surface area contributed by atoms with E-state index in [4.69, 9.17) is 11.5 Å². The molecule has 2 rings (SSSR count). The summed E-state index contributed by atoms with van der Waals surface area (Å²) >= 11 is 0. The summed E-state index contributed by atoms with van der Waals surface area (Å²) in [6.45, 7) is 1.98. The molecule has 4 N–H and O–H groups in total. The number of carbonyl (C=O) groups excluding carboxylic acids is 1. The molecule has 0 bridgehead atoms. The van der Waals surface area contributed by atoms with Crippen molar-refractivity contribution in [2.75, 3.05) is 13.1 Å². The molecule has 1 fully saturated rings. The minimum absolute atomic E-state index is 0.0729. The lowest BCUT2D eigenvalue weighted by Crippen LogP contribution is -2.45. The quantitative estimate of drug-likeness (QED) is 0.790. The van der Waals surface area contributed by atoms with Crippen molar-refractivity contribution in [1.29, 1.82) is 0 Å². The molecule has 1 aliphatic heterocycles. The number of benzene rings is 1. The van der Waals surface area contributed by atoms with Crippen LogP contribution in [0, 0.1) is 0 Å². The van der Waals surface area contributed by atoms with Crippen LogP contribution >= 0.6 is 0 Å². The van der Waals surface area contributed by atoms with Gasteiger partial charge in [0, 0.05) is 31.2 Å². The zero-order chi connectivity index (χ0) is 12.3. The van der Waals surface area contributed by atoms with E-state index < -0.39 is 0 Å². The van der Waals surface area contributed by atoms with Crippen LogP contribution in [-0.4, -0.2) is 29.9 Å². The van der Waals surface area contributed by atoms with Crippen LogP contribution in [0.25, 0.3) is 0 Å². The predicted octanol–water partition coefficient (Wildman–Crippen LogP) is 0.709. The Kier molecular flexibility index (Phi) is 3.76. The van der Waals surface area contributed by atoms with Crippen molar-refractivity contribution in [3.05, 3.63) is 35.4 Å². The van der Waals surface area contributed by atoms with E-state index >= 15 is 0 Å². The molecule has 1 aromatic rings.